The first kappa shape index (κ1) is 93.7. The van der Waals surface area contributed by atoms with E-state index in [1.54, 1.807) is 63.0 Å². The average Bonchev–Trinajstić information content (AvgIpc) is 0.826. The summed E-state index contributed by atoms with van der Waals surface area (Å²) in [6.45, 7) is 18.8. The first-order chi connectivity index (χ1) is 55.2. The Labute approximate surface area is 691 Å². The third kappa shape index (κ3) is 32.4. The first-order valence-electron chi connectivity index (χ1n) is 48.4. The maximum Gasteiger partial charge on any atom is 0.573 e. The zero-order valence-corrected chi connectivity index (χ0v) is 73.2. The molecule has 0 radical (unpaired) electrons. The van der Waals surface area contributed by atoms with Crippen LogP contribution in [0, 0.1) is 95.6 Å². The molecule has 10 heteroatoms. The van der Waals surface area contributed by atoms with Crippen molar-refractivity contribution >= 4 is 0 Å². The predicted octanol–water partition coefficient (Wildman–Crippen LogP) is 34.5. The van der Waals surface area contributed by atoms with Gasteiger partial charge in [0.15, 0.2) is 11.6 Å². The quantitative estimate of drug-likeness (QED) is 0.0440. The Balaban J connectivity index is 0.000000165. The van der Waals surface area contributed by atoms with Gasteiger partial charge in [0.05, 0.1) is 6.61 Å². The van der Waals surface area contributed by atoms with Gasteiger partial charge in [-0.25, -0.2) is 4.39 Å². The maximum absolute atomic E-state index is 14.0. The molecule has 114 heavy (non-hydrogen) atoms. The van der Waals surface area contributed by atoms with Crippen LogP contribution in [-0.4, -0.2) is 19.3 Å². The third-order valence-electron chi connectivity index (χ3n) is 30.7. The molecule has 0 atom stereocenters. The van der Waals surface area contributed by atoms with Crippen molar-refractivity contribution in [2.24, 2.45) is 82.9 Å². The van der Waals surface area contributed by atoms with Gasteiger partial charge in [-0.15, -0.1) is 26.3 Å². The molecule has 0 aromatic heterocycles. The van der Waals surface area contributed by atoms with Crippen LogP contribution in [0.4, 0.5) is 30.7 Å². The lowest BCUT2D eigenvalue weighted by atomic mass is 9.68. The van der Waals surface area contributed by atoms with E-state index in [-0.39, 0.29) is 11.7 Å². The summed E-state index contributed by atoms with van der Waals surface area (Å²) in [5.41, 5.74) is 6.45. The fourth-order valence-electron chi connectivity index (χ4n) is 23.9. The first-order valence-corrected chi connectivity index (χ1v) is 48.4. The highest BCUT2D eigenvalue weighted by atomic mass is 19.4. The molecular formula is C104H161F7O3. The number of hydrogen-bond donors (Lipinski definition) is 0. The van der Waals surface area contributed by atoms with Crippen molar-refractivity contribution in [2.75, 3.05) is 6.61 Å². The van der Waals surface area contributed by atoms with E-state index in [0.717, 1.165) is 150 Å². The molecule has 644 valence electrons. The highest BCUT2D eigenvalue weighted by Crippen LogP contribution is 2.50. The molecule has 4 aromatic carbocycles. The second-order valence-corrected chi connectivity index (χ2v) is 38.5. The van der Waals surface area contributed by atoms with Gasteiger partial charge in [-0.2, -0.15) is 0 Å². The fourth-order valence-corrected chi connectivity index (χ4v) is 23.9. The molecule has 0 heterocycles. The normalized spacial score (nSPS) is 30.2. The minimum atomic E-state index is -4.86. The number of alkyl halides is 6. The molecule has 3 nitrogen and oxygen atoms in total. The van der Waals surface area contributed by atoms with Crippen molar-refractivity contribution in [1.29, 1.82) is 0 Å². The number of rotatable bonds is 27. The highest BCUT2D eigenvalue weighted by molar-refractivity contribution is 5.33. The molecule has 0 bridgehead atoms. The zero-order chi connectivity index (χ0) is 81.1. The van der Waals surface area contributed by atoms with Crippen molar-refractivity contribution in [3.05, 3.63) is 125 Å². The van der Waals surface area contributed by atoms with Crippen LogP contribution >= 0.6 is 0 Å². The fraction of sp³-hybridized carbons (Fsp3) is 0.769. The number of benzene rings is 4. The minimum absolute atomic E-state index is 0.124. The second kappa shape index (κ2) is 50.1. The van der Waals surface area contributed by atoms with Crippen molar-refractivity contribution < 1.29 is 44.9 Å². The zero-order valence-electron chi connectivity index (χ0n) is 73.2. The van der Waals surface area contributed by atoms with E-state index in [0.29, 0.717) is 5.92 Å². The number of unbranched alkanes of at least 4 members (excludes halogenated alkanes) is 3. The molecule has 0 unspecified atom stereocenters. The maximum atomic E-state index is 14.0. The van der Waals surface area contributed by atoms with Crippen molar-refractivity contribution in [3.63, 3.8) is 0 Å². The van der Waals surface area contributed by atoms with Gasteiger partial charge in [-0.3, -0.25) is 0 Å². The van der Waals surface area contributed by atoms with Crippen molar-refractivity contribution in [3.8, 4) is 17.2 Å². The van der Waals surface area contributed by atoms with Gasteiger partial charge < -0.3 is 14.2 Å². The van der Waals surface area contributed by atoms with Gasteiger partial charge in [-0.05, 0) is 346 Å². The third-order valence-corrected chi connectivity index (χ3v) is 30.7. The average molecular weight is 1590 g/mol. The van der Waals surface area contributed by atoms with Gasteiger partial charge in [0.25, 0.3) is 0 Å². The molecule has 4 aromatic rings. The molecule has 0 amide bonds. The lowest BCUT2D eigenvalue weighted by Gasteiger charge is -2.38. The predicted molar refractivity (Wildman–Crippen MR) is 464 cm³/mol. The van der Waals surface area contributed by atoms with E-state index in [1.807, 2.05) is 19.1 Å². The summed E-state index contributed by atoms with van der Waals surface area (Å²) in [5, 5.41) is 0. The van der Waals surface area contributed by atoms with Crippen LogP contribution in [0.3, 0.4) is 0 Å². The Morgan fingerprint density at radius 2 is 0.535 bits per heavy atom. The Morgan fingerprint density at radius 1 is 0.272 bits per heavy atom. The monoisotopic (exact) mass is 1590 g/mol. The summed E-state index contributed by atoms with van der Waals surface area (Å²) in [5.74, 6) is 15.4. The van der Waals surface area contributed by atoms with E-state index in [2.05, 4.69) is 106 Å². The van der Waals surface area contributed by atoms with Crippen LogP contribution in [0.15, 0.2) is 91.0 Å². The second-order valence-electron chi connectivity index (χ2n) is 38.5. The Kier molecular flexibility index (Phi) is 41.2. The number of halogens is 7. The van der Waals surface area contributed by atoms with Crippen LogP contribution in [0.2, 0.25) is 0 Å². The van der Waals surface area contributed by atoms with E-state index in [4.69, 9.17) is 4.74 Å². The van der Waals surface area contributed by atoms with Gasteiger partial charge in [-0.1, -0.05) is 262 Å². The molecule has 9 fully saturated rings. The van der Waals surface area contributed by atoms with E-state index in [1.165, 1.54) is 280 Å². The van der Waals surface area contributed by atoms with Gasteiger partial charge in [0.1, 0.15) is 11.5 Å². The summed E-state index contributed by atoms with van der Waals surface area (Å²) in [6, 6.07) is 28.5. The van der Waals surface area contributed by atoms with E-state index in [9.17, 15) is 30.7 Å². The Hall–Kier alpha value is -4.21. The summed E-state index contributed by atoms with van der Waals surface area (Å²) in [7, 11) is 0. The summed E-state index contributed by atoms with van der Waals surface area (Å²) < 4.78 is 101. The van der Waals surface area contributed by atoms with Gasteiger partial charge in [0, 0.05) is 0 Å². The molecule has 9 saturated carbocycles. The van der Waals surface area contributed by atoms with Gasteiger partial charge >= 0.3 is 12.7 Å². The van der Waals surface area contributed by atoms with E-state index >= 15 is 0 Å². The molecule has 0 saturated heterocycles. The molecule has 0 aliphatic heterocycles. The molecular weight excluding hydrogens is 1430 g/mol. The van der Waals surface area contributed by atoms with Crippen LogP contribution in [-0.2, 0) is 0 Å². The summed E-state index contributed by atoms with van der Waals surface area (Å²) >= 11 is 0. The standard InChI is InChI=1S/C24H35F3O.C22H30F4O.C22H34.C19H36.C17H26O/c1-2-3-4-5-18-6-8-19(9-7-18)20-10-12-21(13-11-20)22-14-16-23(17-15-22)28-24(25,26)27;1-2-3-15-4-6-16(7-5-15)17-8-10-18(11-9-17)19-12-13-21(20(23)14-19)27-22(24,25)26;1-3-4-18-7-11-20(12-8-18)22-15-13-21(14-16-22)19-9-5-17(2)6-10-19;1-3-5-7-17-10-14-19(15-11-17)18-12-8-16(6-4-2)9-13-18;1-3-5-14-6-8-15(9-7-14)16-10-12-17(13-11-16)18-4-2/h14-21H,2-13H2,1H3;12-18H,2-11H2,1H3;5-6,9-10,18,20-22H,3-4,7-8,11-16H2,1-2H3;16-19H,3-15H2,1-2H3;10-15H,3-9H2,1-2H3. The summed E-state index contributed by atoms with van der Waals surface area (Å²) in [6.07, 6.45) is 61.9. The lowest BCUT2D eigenvalue weighted by Crippen LogP contribution is -2.25. The smallest absolute Gasteiger partial charge is 0.494 e. The van der Waals surface area contributed by atoms with Crippen LogP contribution in [0.5, 0.6) is 17.2 Å². The molecule has 0 N–H and O–H groups in total. The summed E-state index contributed by atoms with van der Waals surface area (Å²) in [4.78, 5) is 0. The van der Waals surface area contributed by atoms with Crippen molar-refractivity contribution in [2.45, 2.75) is 419 Å². The van der Waals surface area contributed by atoms with Crippen LogP contribution < -0.4 is 14.2 Å². The van der Waals surface area contributed by atoms with Crippen LogP contribution in [0.1, 0.15) is 427 Å². The lowest BCUT2D eigenvalue weighted by molar-refractivity contribution is -0.276. The van der Waals surface area contributed by atoms with Crippen LogP contribution in [0.25, 0.3) is 0 Å². The largest absolute Gasteiger partial charge is 0.573 e. The SMILES string of the molecule is CCCC1CCC(C2CCC(c3ccc(C)cc3)CC2)CC1.CCCC1CCC(C2CCC(c3ccc(OC(F)(F)F)c(F)c3)CC2)CC1.CCCC1CCC(c2ccc(OCC)cc2)CC1.CCCCC1CCC(C2CCC(CCC)CC2)CC1.CCCCCC1CCC(C2CCC(c3ccc(OC(F)(F)F)cc3)CC2)CC1. The van der Waals surface area contributed by atoms with E-state index < -0.39 is 24.3 Å². The Bertz CT molecular complexity index is 3110. The molecule has 9 aliphatic rings. The molecule has 0 spiro atoms. The highest BCUT2D eigenvalue weighted by Gasteiger charge is 2.38. The van der Waals surface area contributed by atoms with Crippen molar-refractivity contribution in [1.82, 2.24) is 0 Å². The number of ether oxygens (including phenoxy) is 3. The Morgan fingerprint density at radius 3 is 0.833 bits per heavy atom. The topological polar surface area (TPSA) is 27.7 Å². The molecule has 13 rings (SSSR count). The van der Waals surface area contributed by atoms with Gasteiger partial charge in [0.2, 0.25) is 0 Å². The molecule has 9 aliphatic carbocycles. The number of aryl methyl sites for hydroxylation is 1. The number of hydrogen-bond acceptors (Lipinski definition) is 3. The minimum Gasteiger partial charge on any atom is -0.494 e.